The number of methoxy groups -OCH3 is 1. The van der Waals surface area contributed by atoms with Gasteiger partial charge >= 0.3 is 0 Å². The van der Waals surface area contributed by atoms with E-state index in [9.17, 15) is 20.1 Å². The number of carbonyl (C=O) groups is 1. The number of ketones is 1. The number of aromatic hydroxyl groups is 2. The minimum Gasteiger partial charge on any atom is -0.508 e. The van der Waals surface area contributed by atoms with Gasteiger partial charge in [0.15, 0.2) is 5.78 Å². The van der Waals surface area contributed by atoms with Crippen molar-refractivity contribution in [3.8, 4) is 23.0 Å². The monoisotopic (exact) mass is 370 g/mol. The molecule has 0 saturated heterocycles. The Morgan fingerprint density at radius 3 is 2.56 bits per heavy atom. The molecule has 0 amide bonds. The first-order valence-electron chi connectivity index (χ1n) is 8.54. The lowest BCUT2D eigenvalue weighted by Crippen LogP contribution is -2.46. The van der Waals surface area contributed by atoms with Crippen LogP contribution in [0.2, 0.25) is 0 Å². The van der Waals surface area contributed by atoms with Gasteiger partial charge in [0.2, 0.25) is 0 Å². The summed E-state index contributed by atoms with van der Waals surface area (Å²) in [5.41, 5.74) is 0.398. The first kappa shape index (κ1) is 18.8. The molecular formula is C21H22O6. The van der Waals surface area contributed by atoms with E-state index in [2.05, 4.69) is 0 Å². The summed E-state index contributed by atoms with van der Waals surface area (Å²) in [6.45, 7) is 3.44. The van der Waals surface area contributed by atoms with Crippen molar-refractivity contribution in [2.24, 2.45) is 0 Å². The fourth-order valence-electron chi connectivity index (χ4n) is 2.98. The number of hydrogen-bond donors (Lipinski definition) is 3. The molecule has 3 rings (SSSR count). The normalized spacial score (nSPS) is 18.0. The number of phenolic OH excluding ortho intramolecular Hbond substituents is 2. The number of aliphatic hydroxyl groups excluding tert-OH is 1. The molecule has 0 fully saturated rings. The second kappa shape index (κ2) is 6.96. The van der Waals surface area contributed by atoms with Crippen molar-refractivity contribution in [3.05, 3.63) is 53.1 Å². The molecule has 1 aliphatic rings. The second-order valence-corrected chi connectivity index (χ2v) is 7.00. The van der Waals surface area contributed by atoms with Crippen LogP contribution < -0.4 is 9.47 Å². The van der Waals surface area contributed by atoms with Crippen molar-refractivity contribution in [1.29, 1.82) is 0 Å². The molecular weight excluding hydrogens is 348 g/mol. The maximum atomic E-state index is 12.9. The molecule has 2 aromatic carbocycles. The molecule has 0 bridgehead atoms. The summed E-state index contributed by atoms with van der Waals surface area (Å²) in [7, 11) is 1.41. The number of aliphatic hydroxyl groups is 1. The molecule has 6 nitrogen and oxygen atoms in total. The van der Waals surface area contributed by atoms with Crippen LogP contribution in [-0.4, -0.2) is 39.9 Å². The maximum absolute atomic E-state index is 12.9. The Morgan fingerprint density at radius 1 is 1.26 bits per heavy atom. The Kier molecular flexibility index (Phi) is 4.85. The van der Waals surface area contributed by atoms with Crippen LogP contribution in [0.15, 0.2) is 36.4 Å². The van der Waals surface area contributed by atoms with Crippen LogP contribution in [0.4, 0.5) is 0 Å². The molecule has 27 heavy (non-hydrogen) atoms. The predicted octanol–water partition coefficient (Wildman–Crippen LogP) is 3.08. The van der Waals surface area contributed by atoms with Gasteiger partial charge in [0.25, 0.3) is 0 Å². The van der Waals surface area contributed by atoms with Crippen LogP contribution in [0.1, 0.15) is 35.3 Å². The third-order valence-corrected chi connectivity index (χ3v) is 4.68. The molecule has 0 saturated carbocycles. The molecule has 6 heteroatoms. The van der Waals surface area contributed by atoms with E-state index < -0.39 is 11.7 Å². The first-order chi connectivity index (χ1) is 12.7. The lowest BCUT2D eigenvalue weighted by molar-refractivity contribution is -0.0421. The average Bonchev–Trinajstić information content (AvgIpc) is 2.62. The summed E-state index contributed by atoms with van der Waals surface area (Å²) >= 11 is 0. The fourth-order valence-corrected chi connectivity index (χ4v) is 2.98. The van der Waals surface area contributed by atoms with E-state index in [1.165, 1.54) is 31.4 Å². The van der Waals surface area contributed by atoms with E-state index in [1.807, 2.05) is 0 Å². The number of ether oxygens (including phenoxy) is 2. The lowest BCUT2D eigenvalue weighted by atomic mass is 9.88. The Bertz CT molecular complexity index is 896. The average molecular weight is 370 g/mol. The van der Waals surface area contributed by atoms with Crippen LogP contribution in [0.25, 0.3) is 6.08 Å². The van der Waals surface area contributed by atoms with Crippen LogP contribution in [0, 0.1) is 0 Å². The molecule has 2 aromatic rings. The lowest BCUT2D eigenvalue weighted by Gasteiger charge is -2.38. The molecule has 142 valence electrons. The Morgan fingerprint density at radius 2 is 1.93 bits per heavy atom. The highest BCUT2D eigenvalue weighted by Crippen LogP contribution is 2.45. The van der Waals surface area contributed by atoms with E-state index in [0.717, 1.165) is 5.56 Å². The van der Waals surface area contributed by atoms with Gasteiger partial charge in [-0.1, -0.05) is 18.2 Å². The van der Waals surface area contributed by atoms with Crippen molar-refractivity contribution in [3.63, 3.8) is 0 Å². The van der Waals surface area contributed by atoms with Gasteiger partial charge in [0, 0.05) is 18.1 Å². The van der Waals surface area contributed by atoms with Crippen molar-refractivity contribution < 1.29 is 29.6 Å². The highest BCUT2D eigenvalue weighted by atomic mass is 16.5. The van der Waals surface area contributed by atoms with Gasteiger partial charge in [-0.25, -0.2) is 0 Å². The number of phenols is 2. The molecule has 1 atom stereocenters. The van der Waals surface area contributed by atoms with Crippen molar-refractivity contribution >= 4 is 11.9 Å². The smallest absolute Gasteiger partial charge is 0.193 e. The number of fused-ring (bicyclic) bond motifs is 1. The maximum Gasteiger partial charge on any atom is 0.193 e. The SMILES string of the molecule is COc1cc(O)c2c(c1C(=O)C=Cc1ccc(O)cc1)OC(C)(C)[C@@H](O)C2. The number of rotatable bonds is 4. The van der Waals surface area contributed by atoms with Crippen molar-refractivity contribution in [2.45, 2.75) is 32.0 Å². The topological polar surface area (TPSA) is 96.2 Å². The molecule has 1 heterocycles. The predicted molar refractivity (Wildman–Crippen MR) is 101 cm³/mol. The largest absolute Gasteiger partial charge is 0.508 e. The van der Waals surface area contributed by atoms with Gasteiger partial charge in [0.1, 0.15) is 34.2 Å². The summed E-state index contributed by atoms with van der Waals surface area (Å²) in [4.78, 5) is 12.9. The van der Waals surface area contributed by atoms with Gasteiger partial charge in [0.05, 0.1) is 13.2 Å². The summed E-state index contributed by atoms with van der Waals surface area (Å²) < 4.78 is 11.2. The molecule has 3 N–H and O–H groups in total. The molecule has 0 aliphatic carbocycles. The van der Waals surface area contributed by atoms with Gasteiger partial charge < -0.3 is 24.8 Å². The molecule has 1 aliphatic heterocycles. The molecule has 0 spiro atoms. The zero-order valence-electron chi connectivity index (χ0n) is 15.4. The van der Waals surface area contributed by atoms with E-state index in [0.29, 0.717) is 5.56 Å². The summed E-state index contributed by atoms with van der Waals surface area (Å²) in [6, 6.07) is 7.77. The Balaban J connectivity index is 2.05. The van der Waals surface area contributed by atoms with Crippen LogP contribution in [-0.2, 0) is 6.42 Å². The Hall–Kier alpha value is -2.99. The zero-order valence-corrected chi connectivity index (χ0v) is 15.4. The van der Waals surface area contributed by atoms with E-state index in [-0.39, 0.29) is 40.8 Å². The van der Waals surface area contributed by atoms with Gasteiger partial charge in [-0.15, -0.1) is 0 Å². The minimum atomic E-state index is -0.915. The summed E-state index contributed by atoms with van der Waals surface area (Å²) in [5.74, 6) is 0.113. The van der Waals surface area contributed by atoms with Crippen molar-refractivity contribution in [1.82, 2.24) is 0 Å². The Labute approximate surface area is 157 Å². The van der Waals surface area contributed by atoms with Gasteiger partial charge in [-0.2, -0.15) is 0 Å². The molecule has 0 aromatic heterocycles. The minimum absolute atomic E-state index is 0.0875. The standard InChI is InChI=1S/C21H22O6/c1-21(2)18(25)10-14-16(24)11-17(26-3)19(20(14)27-21)15(23)9-6-12-4-7-13(22)8-5-12/h4-9,11,18,22,24-25H,10H2,1-3H3/t18-/m0/s1. The summed E-state index contributed by atoms with van der Waals surface area (Å²) in [5, 5.41) is 29.9. The number of benzene rings is 2. The first-order valence-corrected chi connectivity index (χ1v) is 8.54. The third kappa shape index (κ3) is 3.61. The fraction of sp³-hybridized carbons (Fsp3) is 0.286. The highest BCUT2D eigenvalue weighted by Gasteiger charge is 2.39. The van der Waals surface area contributed by atoms with Gasteiger partial charge in [-0.05, 0) is 37.6 Å². The van der Waals surface area contributed by atoms with Crippen molar-refractivity contribution in [2.75, 3.05) is 7.11 Å². The summed E-state index contributed by atoms with van der Waals surface area (Å²) in [6.07, 6.45) is 2.34. The van der Waals surface area contributed by atoms with Crippen LogP contribution in [0.5, 0.6) is 23.0 Å². The highest BCUT2D eigenvalue weighted by molar-refractivity contribution is 6.11. The van der Waals surface area contributed by atoms with E-state index in [4.69, 9.17) is 9.47 Å². The second-order valence-electron chi connectivity index (χ2n) is 7.00. The number of hydrogen-bond acceptors (Lipinski definition) is 6. The zero-order chi connectivity index (χ0) is 19.8. The van der Waals surface area contributed by atoms with E-state index in [1.54, 1.807) is 32.1 Å². The number of allylic oxidation sites excluding steroid dienone is 1. The third-order valence-electron chi connectivity index (χ3n) is 4.68. The molecule has 0 radical (unpaired) electrons. The van der Waals surface area contributed by atoms with Crippen LogP contribution in [0.3, 0.4) is 0 Å². The quantitative estimate of drug-likeness (QED) is 0.565. The molecule has 0 unspecified atom stereocenters. The van der Waals surface area contributed by atoms with Gasteiger partial charge in [-0.3, -0.25) is 4.79 Å². The van der Waals surface area contributed by atoms with Crippen LogP contribution >= 0.6 is 0 Å². The number of carbonyl (C=O) groups excluding carboxylic acids is 1. The van der Waals surface area contributed by atoms with E-state index >= 15 is 0 Å².